The zero-order valence-corrected chi connectivity index (χ0v) is 10.9. The summed E-state index contributed by atoms with van der Waals surface area (Å²) in [4.78, 5) is 3.99. The van der Waals surface area contributed by atoms with Crippen molar-refractivity contribution in [3.8, 4) is 6.07 Å². The van der Waals surface area contributed by atoms with E-state index in [4.69, 9.17) is 21.3 Å². The molecule has 0 bridgehead atoms. The van der Waals surface area contributed by atoms with Gasteiger partial charge in [-0.25, -0.2) is 4.98 Å². The van der Waals surface area contributed by atoms with E-state index in [0.717, 1.165) is 10.2 Å². The van der Waals surface area contributed by atoms with Crippen LogP contribution in [0.25, 0.3) is 0 Å². The predicted molar refractivity (Wildman–Crippen MR) is 67.7 cm³/mol. The first-order valence-electron chi connectivity index (χ1n) is 4.73. The van der Waals surface area contributed by atoms with Gasteiger partial charge in [-0.3, -0.25) is 0 Å². The highest BCUT2D eigenvalue weighted by molar-refractivity contribution is 9.10. The van der Waals surface area contributed by atoms with E-state index in [0.29, 0.717) is 23.2 Å². The Hall–Kier alpha value is -1.51. The first-order chi connectivity index (χ1) is 8.19. The second kappa shape index (κ2) is 5.21. The summed E-state index contributed by atoms with van der Waals surface area (Å²) >= 11 is 9.07. The van der Waals surface area contributed by atoms with Crippen molar-refractivity contribution in [3.05, 3.63) is 45.5 Å². The van der Waals surface area contributed by atoms with Crippen LogP contribution in [0.15, 0.2) is 33.3 Å². The number of halogens is 2. The van der Waals surface area contributed by atoms with E-state index in [1.165, 1.54) is 0 Å². The first kappa shape index (κ1) is 12.0. The highest BCUT2D eigenvalue weighted by Gasteiger charge is 2.03. The van der Waals surface area contributed by atoms with E-state index >= 15 is 0 Å². The summed E-state index contributed by atoms with van der Waals surface area (Å²) < 4.78 is 5.95. The van der Waals surface area contributed by atoms with Crippen molar-refractivity contribution in [2.24, 2.45) is 0 Å². The molecule has 0 amide bonds. The van der Waals surface area contributed by atoms with Crippen LogP contribution in [0.2, 0.25) is 5.15 Å². The fraction of sp³-hybridized carbons (Fsp3) is 0.0909. The van der Waals surface area contributed by atoms with Crippen molar-refractivity contribution in [1.29, 1.82) is 5.26 Å². The van der Waals surface area contributed by atoms with Gasteiger partial charge in [0.2, 0.25) is 5.76 Å². The molecular formula is C11H7BrClN3O. The van der Waals surface area contributed by atoms with Crippen molar-refractivity contribution in [2.75, 3.05) is 5.32 Å². The van der Waals surface area contributed by atoms with Gasteiger partial charge in [0.25, 0.3) is 0 Å². The third-order valence-electron chi connectivity index (χ3n) is 2.03. The van der Waals surface area contributed by atoms with Gasteiger partial charge in [-0.2, -0.15) is 5.26 Å². The number of hydrogen-bond donors (Lipinski definition) is 1. The molecule has 0 unspecified atom stereocenters. The highest BCUT2D eigenvalue weighted by atomic mass is 79.9. The van der Waals surface area contributed by atoms with Crippen molar-refractivity contribution >= 4 is 33.2 Å². The van der Waals surface area contributed by atoms with Gasteiger partial charge in [-0.1, -0.05) is 11.6 Å². The average molecular weight is 313 g/mol. The minimum atomic E-state index is 0.303. The summed E-state index contributed by atoms with van der Waals surface area (Å²) in [5, 5.41) is 12.1. The molecule has 0 aromatic carbocycles. The van der Waals surface area contributed by atoms with Gasteiger partial charge in [0, 0.05) is 0 Å². The lowest BCUT2D eigenvalue weighted by atomic mass is 10.4. The minimum Gasteiger partial charge on any atom is -0.449 e. The maximum absolute atomic E-state index is 8.61. The van der Waals surface area contributed by atoms with Crippen LogP contribution in [-0.2, 0) is 6.54 Å². The third-order valence-corrected chi connectivity index (χ3v) is 3.17. The van der Waals surface area contributed by atoms with E-state index < -0.39 is 0 Å². The lowest BCUT2D eigenvalue weighted by Gasteiger charge is -2.04. The molecule has 86 valence electrons. The first-order valence-corrected chi connectivity index (χ1v) is 5.90. The van der Waals surface area contributed by atoms with Gasteiger partial charge in [-0.05, 0) is 34.1 Å². The van der Waals surface area contributed by atoms with E-state index in [-0.39, 0.29) is 0 Å². The molecule has 0 saturated carbocycles. The summed E-state index contributed by atoms with van der Waals surface area (Å²) in [6.07, 6.45) is 1.63. The molecule has 0 aliphatic carbocycles. The number of anilines is 1. The van der Waals surface area contributed by atoms with E-state index in [9.17, 15) is 0 Å². The Kier molecular flexibility index (Phi) is 3.67. The number of furan rings is 1. The Morgan fingerprint density at radius 1 is 1.53 bits per heavy atom. The molecule has 0 fully saturated rings. The maximum Gasteiger partial charge on any atom is 0.203 e. The molecule has 0 saturated heterocycles. The second-order valence-corrected chi connectivity index (χ2v) is 4.44. The smallest absolute Gasteiger partial charge is 0.203 e. The number of rotatable bonds is 3. The lowest BCUT2D eigenvalue weighted by Crippen LogP contribution is -1.98. The number of pyridine rings is 1. The zero-order chi connectivity index (χ0) is 12.3. The van der Waals surface area contributed by atoms with Crippen LogP contribution in [0.5, 0.6) is 0 Å². The van der Waals surface area contributed by atoms with Crippen molar-refractivity contribution in [2.45, 2.75) is 6.54 Å². The van der Waals surface area contributed by atoms with Crippen LogP contribution in [0.4, 0.5) is 5.69 Å². The van der Waals surface area contributed by atoms with Gasteiger partial charge in [0.15, 0.2) is 0 Å². The molecule has 0 radical (unpaired) electrons. The monoisotopic (exact) mass is 311 g/mol. The average Bonchev–Trinajstić information content (AvgIpc) is 2.79. The summed E-state index contributed by atoms with van der Waals surface area (Å²) in [6, 6.07) is 7.14. The largest absolute Gasteiger partial charge is 0.449 e. The molecule has 0 spiro atoms. The summed E-state index contributed by atoms with van der Waals surface area (Å²) in [5.74, 6) is 0.991. The van der Waals surface area contributed by atoms with Crippen LogP contribution >= 0.6 is 27.5 Å². The predicted octanol–water partition coefficient (Wildman–Crippen LogP) is 3.57. The van der Waals surface area contributed by atoms with Crippen LogP contribution in [0, 0.1) is 11.3 Å². The van der Waals surface area contributed by atoms with Crippen LogP contribution in [0.1, 0.15) is 11.5 Å². The molecule has 17 heavy (non-hydrogen) atoms. The van der Waals surface area contributed by atoms with Gasteiger partial charge in [-0.15, -0.1) is 0 Å². The van der Waals surface area contributed by atoms with Crippen molar-refractivity contribution in [3.63, 3.8) is 0 Å². The van der Waals surface area contributed by atoms with Crippen LogP contribution in [0.3, 0.4) is 0 Å². The fourth-order valence-corrected chi connectivity index (χ4v) is 1.69. The molecule has 2 rings (SSSR count). The molecule has 2 aromatic rings. The van der Waals surface area contributed by atoms with Crippen molar-refractivity contribution in [1.82, 2.24) is 4.98 Å². The molecule has 0 aliphatic heterocycles. The molecule has 2 aromatic heterocycles. The molecule has 1 N–H and O–H groups in total. The van der Waals surface area contributed by atoms with Crippen LogP contribution in [-0.4, -0.2) is 4.98 Å². The van der Waals surface area contributed by atoms with Gasteiger partial charge < -0.3 is 9.73 Å². The van der Waals surface area contributed by atoms with E-state index in [1.54, 1.807) is 18.3 Å². The number of nitrogens with zero attached hydrogens (tertiary/aromatic N) is 2. The molecule has 4 nitrogen and oxygen atoms in total. The second-order valence-electron chi connectivity index (χ2n) is 3.23. The van der Waals surface area contributed by atoms with Gasteiger partial charge in [0.1, 0.15) is 17.0 Å². The maximum atomic E-state index is 8.61. The molecule has 0 aliphatic rings. The summed E-state index contributed by atoms with van der Waals surface area (Å²) in [6.45, 7) is 0.484. The normalized spacial score (nSPS) is 9.94. The van der Waals surface area contributed by atoms with E-state index in [2.05, 4.69) is 26.2 Å². The topological polar surface area (TPSA) is 61.9 Å². The quantitative estimate of drug-likeness (QED) is 0.880. The minimum absolute atomic E-state index is 0.303. The third kappa shape index (κ3) is 2.99. The number of nitriles is 1. The molecular weight excluding hydrogens is 305 g/mol. The molecule has 6 heteroatoms. The lowest BCUT2D eigenvalue weighted by molar-refractivity contribution is 0.506. The fourth-order valence-electron chi connectivity index (χ4n) is 1.24. The molecule has 2 heterocycles. The molecule has 0 atom stereocenters. The summed E-state index contributed by atoms with van der Waals surface area (Å²) in [5.41, 5.74) is 0.816. The van der Waals surface area contributed by atoms with Gasteiger partial charge in [0.05, 0.1) is 22.9 Å². The highest BCUT2D eigenvalue weighted by Crippen LogP contribution is 2.23. The van der Waals surface area contributed by atoms with Gasteiger partial charge >= 0.3 is 0 Å². The number of nitrogens with one attached hydrogen (secondary N) is 1. The van der Waals surface area contributed by atoms with E-state index in [1.807, 2.05) is 12.1 Å². The standard InChI is InChI=1S/C11H7BrClN3O/c12-10-3-7(5-16-11(10)13)15-6-9-2-1-8(4-14)17-9/h1-3,5,15H,6H2. The van der Waals surface area contributed by atoms with Crippen LogP contribution < -0.4 is 5.32 Å². The van der Waals surface area contributed by atoms with Crippen molar-refractivity contribution < 1.29 is 4.42 Å². The Bertz CT molecular complexity index is 576. The number of aromatic nitrogens is 1. The Balaban J connectivity index is 2.02. The Morgan fingerprint density at radius 2 is 2.35 bits per heavy atom. The zero-order valence-electron chi connectivity index (χ0n) is 8.58. The number of hydrogen-bond acceptors (Lipinski definition) is 4. The SMILES string of the molecule is N#Cc1ccc(CNc2cnc(Cl)c(Br)c2)o1. The Labute approximate surface area is 111 Å². The summed E-state index contributed by atoms with van der Waals surface area (Å²) in [7, 11) is 0. The Morgan fingerprint density at radius 3 is 3.00 bits per heavy atom.